The minimum Gasteiger partial charge on any atom is -0.383 e. The zero-order valence-corrected chi connectivity index (χ0v) is 13.4. The molecule has 0 saturated carbocycles. The first-order valence-electron chi connectivity index (χ1n) is 6.78. The van der Waals surface area contributed by atoms with Gasteiger partial charge >= 0.3 is 0 Å². The molecule has 1 aromatic heterocycles. The number of hydrogen-bond donors (Lipinski definition) is 3. The van der Waals surface area contributed by atoms with Crippen molar-refractivity contribution in [2.75, 3.05) is 11.9 Å². The van der Waals surface area contributed by atoms with E-state index in [0.717, 1.165) is 21.7 Å². The Kier molecular flexibility index (Phi) is 4.65. The van der Waals surface area contributed by atoms with Crippen molar-refractivity contribution in [3.05, 3.63) is 51.7 Å². The van der Waals surface area contributed by atoms with Gasteiger partial charge in [0.25, 0.3) is 0 Å². The first-order valence-corrected chi connectivity index (χ1v) is 7.66. The monoisotopic (exact) mass is 303 g/mol. The number of benzene rings is 1. The van der Waals surface area contributed by atoms with Crippen molar-refractivity contribution in [3.8, 4) is 0 Å². The van der Waals surface area contributed by atoms with E-state index in [1.807, 2.05) is 43.5 Å². The van der Waals surface area contributed by atoms with Crippen molar-refractivity contribution in [2.45, 2.75) is 26.4 Å². The van der Waals surface area contributed by atoms with E-state index in [-0.39, 0.29) is 6.54 Å². The van der Waals surface area contributed by atoms with Crippen LogP contribution in [-0.4, -0.2) is 17.6 Å². The largest absolute Gasteiger partial charge is 0.383 e. The van der Waals surface area contributed by atoms with Crippen LogP contribution in [0.3, 0.4) is 0 Å². The smallest absolute Gasteiger partial charge is 0.193 e. The predicted octanol–water partition coefficient (Wildman–Crippen LogP) is 3.00. The fourth-order valence-electron chi connectivity index (χ4n) is 2.14. The average molecular weight is 303 g/mol. The number of aliphatic imine (C=N–C) groups is 1. The third-order valence-electron chi connectivity index (χ3n) is 3.10. The molecule has 5 heteroatoms. The van der Waals surface area contributed by atoms with Crippen LogP contribution in [-0.2, 0) is 5.60 Å². The van der Waals surface area contributed by atoms with Crippen molar-refractivity contribution < 1.29 is 5.11 Å². The van der Waals surface area contributed by atoms with Gasteiger partial charge in [0.05, 0.1) is 6.54 Å². The Morgan fingerprint density at radius 2 is 2.00 bits per heavy atom. The molecule has 1 heterocycles. The second-order valence-corrected chi connectivity index (χ2v) is 6.40. The van der Waals surface area contributed by atoms with Gasteiger partial charge in [0.1, 0.15) is 5.60 Å². The molecule has 0 aliphatic carbocycles. The van der Waals surface area contributed by atoms with Gasteiger partial charge in [0, 0.05) is 10.6 Å². The topological polar surface area (TPSA) is 70.6 Å². The quantitative estimate of drug-likeness (QED) is 0.600. The molecule has 4 nitrogen and oxygen atoms in total. The molecule has 2 rings (SSSR count). The summed E-state index contributed by atoms with van der Waals surface area (Å²) in [5.41, 5.74) is 8.13. The summed E-state index contributed by atoms with van der Waals surface area (Å²) >= 11 is 1.51. The maximum Gasteiger partial charge on any atom is 0.193 e. The number of nitrogens with two attached hydrogens (primary N) is 1. The van der Waals surface area contributed by atoms with Crippen LogP contribution in [0.4, 0.5) is 5.69 Å². The number of guanidine groups is 1. The lowest BCUT2D eigenvalue weighted by Crippen LogP contribution is -2.29. The van der Waals surface area contributed by atoms with E-state index >= 15 is 0 Å². The van der Waals surface area contributed by atoms with Gasteiger partial charge in [-0.25, -0.2) is 4.99 Å². The summed E-state index contributed by atoms with van der Waals surface area (Å²) in [6, 6.07) is 9.92. The Morgan fingerprint density at radius 1 is 1.33 bits per heavy atom. The zero-order valence-electron chi connectivity index (χ0n) is 12.6. The van der Waals surface area contributed by atoms with Gasteiger partial charge < -0.3 is 16.2 Å². The molecule has 1 atom stereocenters. The van der Waals surface area contributed by atoms with Gasteiger partial charge in [0.2, 0.25) is 0 Å². The molecule has 0 saturated heterocycles. The third-order valence-corrected chi connectivity index (χ3v) is 4.23. The molecule has 0 spiro atoms. The Hall–Kier alpha value is -1.85. The molecule has 0 bridgehead atoms. The molecule has 0 fully saturated rings. The van der Waals surface area contributed by atoms with E-state index in [0.29, 0.717) is 5.96 Å². The first kappa shape index (κ1) is 15.5. The van der Waals surface area contributed by atoms with Gasteiger partial charge in [-0.1, -0.05) is 12.1 Å². The van der Waals surface area contributed by atoms with E-state index in [9.17, 15) is 5.11 Å². The summed E-state index contributed by atoms with van der Waals surface area (Å²) in [5.74, 6) is 0.303. The lowest BCUT2D eigenvalue weighted by atomic mass is 10.1. The second kappa shape index (κ2) is 6.28. The van der Waals surface area contributed by atoms with Crippen LogP contribution >= 0.6 is 11.3 Å². The molecule has 1 unspecified atom stereocenters. The maximum absolute atomic E-state index is 10.4. The van der Waals surface area contributed by atoms with Crippen LogP contribution in [0.2, 0.25) is 0 Å². The molecule has 0 aliphatic heterocycles. The molecule has 4 N–H and O–H groups in total. The Bertz CT molecular complexity index is 613. The van der Waals surface area contributed by atoms with Crippen LogP contribution in [0.15, 0.2) is 40.7 Å². The van der Waals surface area contributed by atoms with Gasteiger partial charge in [-0.3, -0.25) is 0 Å². The van der Waals surface area contributed by atoms with E-state index in [4.69, 9.17) is 5.73 Å². The SMILES string of the molecule is Cc1cc(C)cc(NC(N)=NCC(C)(O)c2cccs2)c1. The molecule has 21 heavy (non-hydrogen) atoms. The molecule has 1 aromatic carbocycles. The Labute approximate surface area is 129 Å². The minimum absolute atomic E-state index is 0.219. The lowest BCUT2D eigenvalue weighted by molar-refractivity contribution is 0.0713. The number of nitrogens with zero attached hydrogens (tertiary/aromatic N) is 1. The summed E-state index contributed by atoms with van der Waals surface area (Å²) in [7, 11) is 0. The molecule has 0 amide bonds. The minimum atomic E-state index is -0.997. The zero-order chi connectivity index (χ0) is 15.5. The van der Waals surface area contributed by atoms with Crippen LogP contribution in [0.1, 0.15) is 22.9 Å². The normalized spacial score (nSPS) is 14.8. The van der Waals surface area contributed by atoms with Gasteiger partial charge in [-0.15, -0.1) is 11.3 Å². The third kappa shape index (κ3) is 4.31. The summed E-state index contributed by atoms with van der Waals surface area (Å²) in [5, 5.41) is 15.4. The van der Waals surface area contributed by atoms with Crippen LogP contribution in [0.5, 0.6) is 0 Å². The van der Waals surface area contributed by atoms with Crippen molar-refractivity contribution in [2.24, 2.45) is 10.7 Å². The highest BCUT2D eigenvalue weighted by atomic mass is 32.1. The molecule has 0 aliphatic rings. The summed E-state index contributed by atoms with van der Waals surface area (Å²) in [4.78, 5) is 5.13. The summed E-state index contributed by atoms with van der Waals surface area (Å²) in [6.45, 7) is 6.03. The first-order chi connectivity index (χ1) is 9.87. The lowest BCUT2D eigenvalue weighted by Gasteiger charge is -2.19. The number of anilines is 1. The highest BCUT2D eigenvalue weighted by Crippen LogP contribution is 2.25. The van der Waals surface area contributed by atoms with Gasteiger partial charge in [-0.05, 0) is 55.5 Å². The highest BCUT2D eigenvalue weighted by Gasteiger charge is 2.23. The number of nitrogens with one attached hydrogen (secondary N) is 1. The molecule has 2 aromatic rings. The second-order valence-electron chi connectivity index (χ2n) is 5.45. The van der Waals surface area contributed by atoms with Crippen molar-refractivity contribution >= 4 is 23.0 Å². The van der Waals surface area contributed by atoms with Gasteiger partial charge in [-0.2, -0.15) is 0 Å². The molecule has 0 radical (unpaired) electrons. The van der Waals surface area contributed by atoms with E-state index in [2.05, 4.69) is 16.4 Å². The van der Waals surface area contributed by atoms with E-state index < -0.39 is 5.60 Å². The fourth-order valence-corrected chi connectivity index (χ4v) is 2.92. The maximum atomic E-state index is 10.4. The summed E-state index contributed by atoms with van der Waals surface area (Å²) < 4.78 is 0. The van der Waals surface area contributed by atoms with E-state index in [1.54, 1.807) is 6.92 Å². The van der Waals surface area contributed by atoms with Crippen molar-refractivity contribution in [1.29, 1.82) is 0 Å². The highest BCUT2D eigenvalue weighted by molar-refractivity contribution is 7.10. The number of rotatable bonds is 4. The van der Waals surface area contributed by atoms with Crippen LogP contribution < -0.4 is 11.1 Å². The molecular weight excluding hydrogens is 282 g/mol. The Morgan fingerprint density at radius 3 is 2.57 bits per heavy atom. The van der Waals surface area contributed by atoms with Crippen LogP contribution in [0, 0.1) is 13.8 Å². The number of hydrogen-bond acceptors (Lipinski definition) is 3. The number of aliphatic hydroxyl groups is 1. The van der Waals surface area contributed by atoms with Crippen molar-refractivity contribution in [3.63, 3.8) is 0 Å². The van der Waals surface area contributed by atoms with Crippen LogP contribution in [0.25, 0.3) is 0 Å². The summed E-state index contributed by atoms with van der Waals surface area (Å²) in [6.07, 6.45) is 0. The molecule has 112 valence electrons. The number of thiophene rings is 1. The number of aryl methyl sites for hydroxylation is 2. The average Bonchev–Trinajstić information content (AvgIpc) is 2.89. The van der Waals surface area contributed by atoms with E-state index in [1.165, 1.54) is 11.3 Å². The molecular formula is C16H21N3OS. The Balaban J connectivity index is 2.04. The fraction of sp³-hybridized carbons (Fsp3) is 0.312. The van der Waals surface area contributed by atoms with Crippen molar-refractivity contribution in [1.82, 2.24) is 0 Å². The van der Waals surface area contributed by atoms with Gasteiger partial charge in [0.15, 0.2) is 5.96 Å². The predicted molar refractivity (Wildman–Crippen MR) is 89.9 cm³/mol. The standard InChI is InChI=1S/C16H21N3OS/c1-11-7-12(2)9-13(8-11)19-15(17)18-10-16(3,20)14-5-4-6-21-14/h4-9,20H,10H2,1-3H3,(H3,17,18,19).